The standard InChI is InChI=1S/C32H26N4O3S/c1-20-5-8-24(9-6-20)31(38)35(19-22-4-3-15-33-18-22)27-17-29(37)36(32(27)39)25-12-10-23(11-13-25)30-34-26-14-7-21(2)16-28(26)40-30/h3-16,18,27H,17,19H2,1-2H3. The Labute approximate surface area is 235 Å². The zero-order valence-corrected chi connectivity index (χ0v) is 22.9. The highest BCUT2D eigenvalue weighted by atomic mass is 32.1. The van der Waals surface area contributed by atoms with Crippen LogP contribution >= 0.6 is 11.3 Å². The van der Waals surface area contributed by atoms with Crippen LogP contribution in [0.4, 0.5) is 5.69 Å². The van der Waals surface area contributed by atoms with E-state index in [1.165, 1.54) is 15.4 Å². The van der Waals surface area contributed by atoms with E-state index in [2.05, 4.69) is 18.0 Å². The van der Waals surface area contributed by atoms with Gasteiger partial charge in [0.2, 0.25) is 5.91 Å². The van der Waals surface area contributed by atoms with Crippen LogP contribution in [0.1, 0.15) is 33.5 Å². The van der Waals surface area contributed by atoms with Gasteiger partial charge in [0, 0.05) is 30.1 Å². The molecule has 3 amide bonds. The SMILES string of the molecule is Cc1ccc(C(=O)N(Cc2cccnc2)C2CC(=O)N(c3ccc(-c4nc5ccc(C)cc5s4)cc3)C2=O)cc1. The highest BCUT2D eigenvalue weighted by Crippen LogP contribution is 2.33. The number of nitrogens with zero attached hydrogens (tertiary/aromatic N) is 4. The number of fused-ring (bicyclic) bond motifs is 1. The molecule has 3 heterocycles. The number of benzene rings is 3. The van der Waals surface area contributed by atoms with Crippen molar-refractivity contribution in [2.45, 2.75) is 32.9 Å². The number of amides is 3. The molecule has 40 heavy (non-hydrogen) atoms. The predicted molar refractivity (Wildman–Crippen MR) is 156 cm³/mol. The number of aromatic nitrogens is 2. The van der Waals surface area contributed by atoms with Crippen LogP contribution in [0.5, 0.6) is 0 Å². The number of thiazole rings is 1. The van der Waals surface area contributed by atoms with Crippen molar-refractivity contribution in [1.82, 2.24) is 14.9 Å². The zero-order chi connectivity index (χ0) is 27.8. The fraction of sp³-hybridized carbons (Fsp3) is 0.156. The van der Waals surface area contributed by atoms with Crippen molar-refractivity contribution in [3.8, 4) is 10.6 Å². The Balaban J connectivity index is 1.28. The average Bonchev–Trinajstić information content (AvgIpc) is 3.52. The molecule has 1 aliphatic heterocycles. The largest absolute Gasteiger partial charge is 0.322 e. The van der Waals surface area contributed by atoms with Gasteiger partial charge in [-0.25, -0.2) is 9.88 Å². The molecule has 5 aromatic rings. The molecule has 1 fully saturated rings. The number of imide groups is 1. The van der Waals surface area contributed by atoms with Gasteiger partial charge in [-0.3, -0.25) is 19.4 Å². The van der Waals surface area contributed by atoms with Crippen LogP contribution in [0.3, 0.4) is 0 Å². The minimum atomic E-state index is -0.923. The number of hydrogen-bond donors (Lipinski definition) is 0. The molecule has 8 heteroatoms. The molecule has 7 nitrogen and oxygen atoms in total. The van der Waals surface area contributed by atoms with Crippen LogP contribution < -0.4 is 4.90 Å². The van der Waals surface area contributed by atoms with Crippen LogP contribution in [0, 0.1) is 13.8 Å². The first-order chi connectivity index (χ1) is 19.4. The molecule has 0 saturated carbocycles. The summed E-state index contributed by atoms with van der Waals surface area (Å²) in [4.78, 5) is 52.1. The number of anilines is 1. The summed E-state index contributed by atoms with van der Waals surface area (Å²) in [6.07, 6.45) is 3.23. The first-order valence-corrected chi connectivity index (χ1v) is 13.8. The summed E-state index contributed by atoms with van der Waals surface area (Å²) < 4.78 is 1.11. The number of carbonyl (C=O) groups is 3. The fourth-order valence-electron chi connectivity index (χ4n) is 4.91. The number of hydrogen-bond acceptors (Lipinski definition) is 6. The van der Waals surface area contributed by atoms with Crippen LogP contribution in [0.25, 0.3) is 20.8 Å². The molecule has 198 valence electrons. The van der Waals surface area contributed by atoms with Gasteiger partial charge in [0.05, 0.1) is 22.3 Å². The molecule has 2 aromatic heterocycles. The summed E-state index contributed by atoms with van der Waals surface area (Å²) in [7, 11) is 0. The van der Waals surface area contributed by atoms with E-state index in [4.69, 9.17) is 4.98 Å². The third kappa shape index (κ3) is 4.89. The highest BCUT2D eigenvalue weighted by molar-refractivity contribution is 7.21. The Morgan fingerprint density at radius 1 is 0.975 bits per heavy atom. The van der Waals surface area contributed by atoms with Gasteiger partial charge in [-0.05, 0) is 79.6 Å². The zero-order valence-electron chi connectivity index (χ0n) is 22.1. The summed E-state index contributed by atoms with van der Waals surface area (Å²) in [5.74, 6) is -1.07. The van der Waals surface area contributed by atoms with E-state index >= 15 is 0 Å². The Bertz CT molecular complexity index is 1730. The van der Waals surface area contributed by atoms with Gasteiger partial charge < -0.3 is 4.90 Å². The van der Waals surface area contributed by atoms with Gasteiger partial charge in [-0.2, -0.15) is 0 Å². The van der Waals surface area contributed by atoms with Crippen molar-refractivity contribution in [3.05, 3.63) is 114 Å². The highest BCUT2D eigenvalue weighted by Gasteiger charge is 2.44. The molecule has 1 saturated heterocycles. The molecule has 1 unspecified atom stereocenters. The second-order valence-electron chi connectivity index (χ2n) is 9.98. The summed E-state index contributed by atoms with van der Waals surface area (Å²) >= 11 is 1.60. The smallest absolute Gasteiger partial charge is 0.257 e. The predicted octanol–water partition coefficient (Wildman–Crippen LogP) is 5.95. The maximum Gasteiger partial charge on any atom is 0.257 e. The van der Waals surface area contributed by atoms with Crippen molar-refractivity contribution in [3.63, 3.8) is 0 Å². The van der Waals surface area contributed by atoms with Gasteiger partial charge in [0.25, 0.3) is 11.8 Å². The van der Waals surface area contributed by atoms with Crippen LogP contribution in [0.15, 0.2) is 91.3 Å². The van der Waals surface area contributed by atoms with Crippen molar-refractivity contribution < 1.29 is 14.4 Å². The molecule has 0 bridgehead atoms. The Hall–Kier alpha value is -4.69. The maximum atomic E-state index is 13.7. The third-order valence-electron chi connectivity index (χ3n) is 7.05. The van der Waals surface area contributed by atoms with E-state index in [1.54, 1.807) is 54.1 Å². The fourth-order valence-corrected chi connectivity index (χ4v) is 5.98. The quantitative estimate of drug-likeness (QED) is 0.246. The minimum Gasteiger partial charge on any atom is -0.322 e. The molecule has 6 rings (SSSR count). The van der Waals surface area contributed by atoms with Crippen molar-refractivity contribution in [2.75, 3.05) is 4.90 Å². The summed E-state index contributed by atoms with van der Waals surface area (Å²) in [5.41, 5.74) is 5.76. The van der Waals surface area contributed by atoms with E-state index in [0.29, 0.717) is 11.3 Å². The molecule has 0 aliphatic carbocycles. The molecule has 1 atom stereocenters. The molecule has 0 radical (unpaired) electrons. The average molecular weight is 547 g/mol. The maximum absolute atomic E-state index is 13.7. The number of pyridine rings is 1. The number of rotatable bonds is 6. The van der Waals surface area contributed by atoms with Crippen molar-refractivity contribution >= 4 is 45.0 Å². The minimum absolute atomic E-state index is 0.0876. The molecule has 0 N–H and O–H groups in total. The van der Waals surface area contributed by atoms with E-state index in [9.17, 15) is 14.4 Å². The van der Waals surface area contributed by atoms with Gasteiger partial charge >= 0.3 is 0 Å². The second kappa shape index (κ2) is 10.5. The van der Waals surface area contributed by atoms with Gasteiger partial charge in [0.1, 0.15) is 11.0 Å². The molecule has 3 aromatic carbocycles. The van der Waals surface area contributed by atoms with Gasteiger partial charge in [-0.15, -0.1) is 11.3 Å². The van der Waals surface area contributed by atoms with E-state index in [1.807, 2.05) is 49.4 Å². The first-order valence-electron chi connectivity index (χ1n) is 13.0. The molecule has 1 aliphatic rings. The van der Waals surface area contributed by atoms with Crippen LogP contribution in [-0.2, 0) is 16.1 Å². The van der Waals surface area contributed by atoms with Crippen molar-refractivity contribution in [1.29, 1.82) is 0 Å². The topological polar surface area (TPSA) is 83.5 Å². The van der Waals surface area contributed by atoms with Crippen LogP contribution in [0.2, 0.25) is 0 Å². The van der Waals surface area contributed by atoms with Crippen LogP contribution in [-0.4, -0.2) is 38.6 Å². The van der Waals surface area contributed by atoms with Gasteiger partial charge in [0.15, 0.2) is 0 Å². The Morgan fingerprint density at radius 3 is 2.45 bits per heavy atom. The van der Waals surface area contributed by atoms with E-state index in [0.717, 1.165) is 31.9 Å². The summed E-state index contributed by atoms with van der Waals surface area (Å²) in [6, 6.07) is 23.4. The summed E-state index contributed by atoms with van der Waals surface area (Å²) in [5, 5.41) is 0.871. The molecule has 0 spiro atoms. The lowest BCUT2D eigenvalue weighted by Crippen LogP contribution is -2.45. The lowest BCUT2D eigenvalue weighted by molar-refractivity contribution is -0.122. The third-order valence-corrected chi connectivity index (χ3v) is 8.12. The molecular weight excluding hydrogens is 520 g/mol. The Morgan fingerprint density at radius 2 is 1.73 bits per heavy atom. The van der Waals surface area contributed by atoms with E-state index < -0.39 is 11.9 Å². The lowest BCUT2D eigenvalue weighted by Gasteiger charge is -2.28. The second-order valence-corrected chi connectivity index (χ2v) is 11.0. The number of aryl methyl sites for hydroxylation is 2. The first kappa shape index (κ1) is 25.6. The van der Waals surface area contributed by atoms with Crippen molar-refractivity contribution in [2.24, 2.45) is 0 Å². The molecular formula is C32H26N4O3S. The summed E-state index contributed by atoms with van der Waals surface area (Å²) in [6.45, 7) is 4.16. The normalized spacial score (nSPS) is 15.2. The monoisotopic (exact) mass is 546 g/mol. The number of carbonyl (C=O) groups excluding carboxylic acids is 3. The van der Waals surface area contributed by atoms with E-state index in [-0.39, 0.29) is 24.8 Å². The Kier molecular flexibility index (Phi) is 6.69. The van der Waals surface area contributed by atoms with Gasteiger partial charge in [-0.1, -0.05) is 29.8 Å². The lowest BCUT2D eigenvalue weighted by atomic mass is 10.1.